The van der Waals surface area contributed by atoms with E-state index in [0.29, 0.717) is 0 Å². The van der Waals surface area contributed by atoms with Gasteiger partial charge in [-0.25, -0.2) is 0 Å². The van der Waals surface area contributed by atoms with Crippen molar-refractivity contribution in [1.82, 2.24) is 24.5 Å². The zero-order valence-electron chi connectivity index (χ0n) is 12.8. The molecule has 0 saturated carbocycles. The quantitative estimate of drug-likeness (QED) is 0.924. The van der Waals surface area contributed by atoms with E-state index in [4.69, 9.17) is 5.73 Å². The van der Waals surface area contributed by atoms with Crippen molar-refractivity contribution in [3.63, 3.8) is 0 Å². The van der Waals surface area contributed by atoms with Gasteiger partial charge in [-0.05, 0) is 33.6 Å². The Morgan fingerprint density at radius 3 is 2.57 bits per heavy atom. The number of fused-ring (bicyclic) bond motifs is 1. The lowest BCUT2D eigenvalue weighted by Crippen LogP contribution is -2.17. The Morgan fingerprint density at radius 1 is 1.14 bits per heavy atom. The molecule has 0 saturated heterocycles. The number of nitrogens with two attached hydrogens (primary N) is 1. The van der Waals surface area contributed by atoms with Gasteiger partial charge < -0.3 is 10.3 Å². The maximum absolute atomic E-state index is 6.03. The van der Waals surface area contributed by atoms with Gasteiger partial charge in [0, 0.05) is 13.0 Å². The van der Waals surface area contributed by atoms with Crippen LogP contribution in [-0.4, -0.2) is 24.5 Å². The largest absolute Gasteiger partial charge is 0.396 e. The predicted molar refractivity (Wildman–Crippen MR) is 84.8 cm³/mol. The Morgan fingerprint density at radius 2 is 1.90 bits per heavy atom. The highest BCUT2D eigenvalue weighted by atomic mass is 35.5. The number of halogens is 1. The Labute approximate surface area is 131 Å². The minimum Gasteiger partial charge on any atom is -0.396 e. The highest BCUT2D eigenvalue weighted by molar-refractivity contribution is 5.85. The van der Waals surface area contributed by atoms with Gasteiger partial charge in [0.2, 0.25) is 0 Å². The summed E-state index contributed by atoms with van der Waals surface area (Å²) in [7, 11) is 0. The Bertz CT molecular complexity index is 630. The molecule has 0 spiro atoms. The second kappa shape index (κ2) is 6.05. The fraction of sp³-hybridized carbons (Fsp3) is 0.643. The summed E-state index contributed by atoms with van der Waals surface area (Å²) in [5, 5.41) is 13.3. The first-order chi connectivity index (χ1) is 9.59. The third-order valence-electron chi connectivity index (χ3n) is 4.26. The lowest BCUT2D eigenvalue weighted by atomic mass is 10.2. The van der Waals surface area contributed by atoms with Crippen molar-refractivity contribution in [3.05, 3.63) is 23.0 Å². The van der Waals surface area contributed by atoms with Crippen molar-refractivity contribution in [3.8, 4) is 0 Å². The van der Waals surface area contributed by atoms with Crippen molar-refractivity contribution >= 4 is 18.1 Å². The zero-order valence-corrected chi connectivity index (χ0v) is 13.7. The first-order valence-electron chi connectivity index (χ1n) is 7.32. The van der Waals surface area contributed by atoms with Crippen molar-refractivity contribution < 1.29 is 0 Å². The van der Waals surface area contributed by atoms with Gasteiger partial charge in [0.15, 0.2) is 5.82 Å². The fourth-order valence-corrected chi connectivity index (χ4v) is 2.98. The van der Waals surface area contributed by atoms with Gasteiger partial charge in [-0.3, -0.25) is 4.68 Å². The molecule has 1 unspecified atom stereocenters. The number of aromatic nitrogens is 5. The summed E-state index contributed by atoms with van der Waals surface area (Å²) in [6, 6.07) is 0.0605. The first-order valence-corrected chi connectivity index (χ1v) is 7.32. The molecule has 0 aromatic carbocycles. The van der Waals surface area contributed by atoms with Gasteiger partial charge in [-0.15, -0.1) is 22.6 Å². The van der Waals surface area contributed by atoms with Crippen LogP contribution in [0.1, 0.15) is 55.3 Å². The van der Waals surface area contributed by atoms with Crippen LogP contribution in [0.25, 0.3) is 0 Å². The van der Waals surface area contributed by atoms with Crippen LogP contribution in [-0.2, 0) is 13.0 Å². The Kier molecular flexibility index (Phi) is 4.56. The molecule has 2 aromatic rings. The van der Waals surface area contributed by atoms with Crippen LogP contribution in [0.5, 0.6) is 0 Å². The van der Waals surface area contributed by atoms with Crippen molar-refractivity contribution in [2.24, 2.45) is 0 Å². The molecule has 2 aromatic heterocycles. The van der Waals surface area contributed by atoms with Crippen LogP contribution < -0.4 is 5.73 Å². The number of nitrogens with zero attached hydrogens (tertiary/aromatic N) is 5. The monoisotopic (exact) mass is 310 g/mol. The Hall–Kier alpha value is -1.56. The van der Waals surface area contributed by atoms with E-state index in [0.717, 1.165) is 41.7 Å². The fourth-order valence-electron chi connectivity index (χ4n) is 2.98. The van der Waals surface area contributed by atoms with Gasteiger partial charge >= 0.3 is 0 Å². The third-order valence-corrected chi connectivity index (χ3v) is 4.26. The lowest BCUT2D eigenvalue weighted by molar-refractivity contribution is 0.484. The van der Waals surface area contributed by atoms with E-state index in [1.165, 1.54) is 19.3 Å². The van der Waals surface area contributed by atoms with Gasteiger partial charge in [0.25, 0.3) is 0 Å². The molecule has 21 heavy (non-hydrogen) atoms. The molecule has 2 N–H and O–H groups in total. The average Bonchev–Trinajstić information content (AvgIpc) is 2.84. The predicted octanol–water partition coefficient (Wildman–Crippen LogP) is 2.43. The summed E-state index contributed by atoms with van der Waals surface area (Å²) in [6.07, 6.45) is 4.70. The minimum atomic E-state index is 0. The number of nitrogen functional groups attached to an aromatic ring is 1. The smallest absolute Gasteiger partial charge is 0.157 e. The summed E-state index contributed by atoms with van der Waals surface area (Å²) in [4.78, 5) is 0. The molecular formula is C14H23ClN6. The van der Waals surface area contributed by atoms with Crippen LogP contribution >= 0.6 is 12.4 Å². The summed E-state index contributed by atoms with van der Waals surface area (Å²) in [5.74, 6) is 2.10. The van der Waals surface area contributed by atoms with E-state index in [1.54, 1.807) is 0 Å². The second-order valence-corrected chi connectivity index (χ2v) is 5.64. The molecule has 6 nitrogen and oxygen atoms in total. The van der Waals surface area contributed by atoms with Crippen molar-refractivity contribution in [2.75, 3.05) is 5.73 Å². The molecule has 0 aliphatic carbocycles. The Balaban J connectivity index is 0.00000161. The number of rotatable bonds is 2. The SMILES string of the molecule is Cc1nn(C(C)c2nnc3n2CCCCC3)c(C)c1N.Cl. The maximum atomic E-state index is 6.03. The molecule has 0 radical (unpaired) electrons. The molecule has 0 bridgehead atoms. The molecule has 0 fully saturated rings. The molecule has 1 aliphatic heterocycles. The third kappa shape index (κ3) is 2.64. The van der Waals surface area contributed by atoms with Gasteiger partial charge in [-0.2, -0.15) is 5.10 Å². The number of anilines is 1. The van der Waals surface area contributed by atoms with Gasteiger partial charge in [0.05, 0.1) is 17.1 Å². The van der Waals surface area contributed by atoms with Crippen molar-refractivity contribution in [2.45, 2.75) is 59.0 Å². The van der Waals surface area contributed by atoms with E-state index in [2.05, 4.69) is 26.8 Å². The zero-order chi connectivity index (χ0) is 14.3. The standard InChI is InChI=1S/C14H22N6.ClH/c1-9-13(15)10(2)20(18-9)11(3)14-17-16-12-7-5-4-6-8-19(12)14;/h11H,4-8,15H2,1-3H3;1H. The molecule has 116 valence electrons. The topological polar surface area (TPSA) is 74.5 Å². The second-order valence-electron chi connectivity index (χ2n) is 5.64. The first kappa shape index (κ1) is 15.8. The summed E-state index contributed by atoms with van der Waals surface area (Å²) in [6.45, 7) is 7.07. The average molecular weight is 311 g/mol. The molecule has 3 heterocycles. The summed E-state index contributed by atoms with van der Waals surface area (Å²) >= 11 is 0. The minimum absolute atomic E-state index is 0. The maximum Gasteiger partial charge on any atom is 0.157 e. The van der Waals surface area contributed by atoms with Gasteiger partial charge in [-0.1, -0.05) is 6.42 Å². The lowest BCUT2D eigenvalue weighted by Gasteiger charge is -2.15. The highest BCUT2D eigenvalue weighted by Gasteiger charge is 2.23. The van der Waals surface area contributed by atoms with Crippen LogP contribution in [0.4, 0.5) is 5.69 Å². The molecule has 1 atom stereocenters. The number of hydrogen-bond acceptors (Lipinski definition) is 4. The van der Waals surface area contributed by atoms with E-state index in [9.17, 15) is 0 Å². The molecular weight excluding hydrogens is 288 g/mol. The van der Waals surface area contributed by atoms with E-state index in [1.807, 2.05) is 18.5 Å². The van der Waals surface area contributed by atoms with E-state index >= 15 is 0 Å². The van der Waals surface area contributed by atoms with Crippen LogP contribution in [0, 0.1) is 13.8 Å². The molecule has 7 heteroatoms. The van der Waals surface area contributed by atoms with E-state index < -0.39 is 0 Å². The number of hydrogen-bond donors (Lipinski definition) is 1. The van der Waals surface area contributed by atoms with Crippen LogP contribution in [0.3, 0.4) is 0 Å². The van der Waals surface area contributed by atoms with Crippen molar-refractivity contribution in [1.29, 1.82) is 0 Å². The van der Waals surface area contributed by atoms with E-state index in [-0.39, 0.29) is 18.4 Å². The summed E-state index contributed by atoms with van der Waals surface area (Å²) in [5.41, 5.74) is 8.68. The van der Waals surface area contributed by atoms with Crippen LogP contribution in [0.15, 0.2) is 0 Å². The normalized spacial score (nSPS) is 16.0. The summed E-state index contributed by atoms with van der Waals surface area (Å²) < 4.78 is 4.23. The number of aryl methyl sites for hydroxylation is 2. The van der Waals surface area contributed by atoms with Gasteiger partial charge in [0.1, 0.15) is 11.9 Å². The molecule has 0 amide bonds. The molecule has 1 aliphatic rings. The van der Waals surface area contributed by atoms with Crippen LogP contribution in [0.2, 0.25) is 0 Å². The highest BCUT2D eigenvalue weighted by Crippen LogP contribution is 2.25. The molecule has 3 rings (SSSR count).